The van der Waals surface area contributed by atoms with E-state index in [9.17, 15) is 9.59 Å². The summed E-state index contributed by atoms with van der Waals surface area (Å²) in [5, 5.41) is 17.7. The van der Waals surface area contributed by atoms with Crippen LogP contribution in [0.5, 0.6) is 5.88 Å². The minimum Gasteiger partial charge on any atom is -0.474 e. The third-order valence-corrected chi connectivity index (χ3v) is 6.49. The third kappa shape index (κ3) is 4.67. The number of carbonyl (C=O) groups excluding carboxylic acids is 1. The highest BCUT2D eigenvalue weighted by Gasteiger charge is 2.27. The summed E-state index contributed by atoms with van der Waals surface area (Å²) in [5.74, 6) is 0.550. The molecule has 1 fully saturated rings. The third-order valence-electron chi connectivity index (χ3n) is 5.60. The number of nitrogens with one attached hydrogen (secondary N) is 1. The van der Waals surface area contributed by atoms with Crippen LogP contribution in [0.15, 0.2) is 23.8 Å². The number of aromatic nitrogens is 4. The molecular formula is C21H26N6O4S. The van der Waals surface area contributed by atoms with Crippen LogP contribution < -0.4 is 10.1 Å². The summed E-state index contributed by atoms with van der Waals surface area (Å²) in [4.78, 5) is 35.9. The topological polar surface area (TPSA) is 122 Å². The van der Waals surface area contributed by atoms with Crippen LogP contribution in [-0.2, 0) is 0 Å². The molecule has 3 aromatic heterocycles. The maximum absolute atomic E-state index is 13.3. The van der Waals surface area contributed by atoms with Crippen LogP contribution in [0.25, 0.3) is 16.2 Å². The summed E-state index contributed by atoms with van der Waals surface area (Å²) >= 11 is 1.52. The van der Waals surface area contributed by atoms with Gasteiger partial charge >= 0.3 is 6.09 Å². The standard InChI is InChI=1S/C21H26N6O4S/c1-3-14(4-2)31-17-11-16(19(28)26-7-5-13(6-8-26)23-21(29)30)24-18(25-17)15-12-22-27-9-10-32-20(15)27/h9-14,23H,3-8H2,1-2H3,(H,29,30). The van der Waals surface area contributed by atoms with Crippen molar-refractivity contribution in [2.75, 3.05) is 13.1 Å². The Labute approximate surface area is 189 Å². The predicted molar refractivity (Wildman–Crippen MR) is 119 cm³/mol. The molecule has 0 radical (unpaired) electrons. The van der Waals surface area contributed by atoms with Gasteiger partial charge in [0, 0.05) is 36.8 Å². The van der Waals surface area contributed by atoms with Crippen molar-refractivity contribution in [2.45, 2.75) is 51.7 Å². The van der Waals surface area contributed by atoms with Crippen LogP contribution in [0.1, 0.15) is 50.0 Å². The summed E-state index contributed by atoms with van der Waals surface area (Å²) < 4.78 is 7.81. The lowest BCUT2D eigenvalue weighted by Crippen LogP contribution is -2.46. The van der Waals surface area contributed by atoms with E-state index in [0.717, 1.165) is 23.2 Å². The van der Waals surface area contributed by atoms with E-state index in [1.807, 2.05) is 25.4 Å². The molecule has 2 N–H and O–H groups in total. The zero-order valence-electron chi connectivity index (χ0n) is 18.0. The van der Waals surface area contributed by atoms with Crippen LogP contribution in [0.3, 0.4) is 0 Å². The van der Waals surface area contributed by atoms with E-state index in [4.69, 9.17) is 9.84 Å². The molecule has 3 aromatic rings. The van der Waals surface area contributed by atoms with Crippen molar-refractivity contribution in [1.29, 1.82) is 0 Å². The van der Waals surface area contributed by atoms with Gasteiger partial charge in [-0.3, -0.25) is 4.79 Å². The minimum atomic E-state index is -1.04. The van der Waals surface area contributed by atoms with Gasteiger partial charge in [-0.25, -0.2) is 14.3 Å². The average molecular weight is 459 g/mol. The maximum Gasteiger partial charge on any atom is 0.404 e. The van der Waals surface area contributed by atoms with Gasteiger partial charge in [0.05, 0.1) is 17.9 Å². The average Bonchev–Trinajstić information content (AvgIpc) is 3.41. The van der Waals surface area contributed by atoms with Gasteiger partial charge in [0.25, 0.3) is 5.91 Å². The highest BCUT2D eigenvalue weighted by atomic mass is 32.1. The molecule has 0 bridgehead atoms. The van der Waals surface area contributed by atoms with Crippen molar-refractivity contribution in [3.8, 4) is 17.3 Å². The van der Waals surface area contributed by atoms with Gasteiger partial charge in [0.15, 0.2) is 5.82 Å². The van der Waals surface area contributed by atoms with Crippen molar-refractivity contribution in [3.05, 3.63) is 29.5 Å². The summed E-state index contributed by atoms with van der Waals surface area (Å²) in [6, 6.07) is 1.45. The molecule has 0 unspecified atom stereocenters. The largest absolute Gasteiger partial charge is 0.474 e. The van der Waals surface area contributed by atoms with Crippen LogP contribution >= 0.6 is 11.3 Å². The lowest BCUT2D eigenvalue weighted by atomic mass is 10.0. The van der Waals surface area contributed by atoms with Crippen molar-refractivity contribution in [3.63, 3.8) is 0 Å². The number of carbonyl (C=O) groups is 2. The minimum absolute atomic E-state index is 0.00698. The summed E-state index contributed by atoms with van der Waals surface area (Å²) in [7, 11) is 0. The number of piperidine rings is 1. The summed E-state index contributed by atoms with van der Waals surface area (Å²) in [5.41, 5.74) is 1.00. The lowest BCUT2D eigenvalue weighted by molar-refractivity contribution is 0.0698. The lowest BCUT2D eigenvalue weighted by Gasteiger charge is -2.31. The molecule has 0 aliphatic carbocycles. The van der Waals surface area contributed by atoms with E-state index in [0.29, 0.717) is 37.6 Å². The zero-order chi connectivity index (χ0) is 22.7. The van der Waals surface area contributed by atoms with Gasteiger partial charge in [0.1, 0.15) is 10.5 Å². The molecule has 4 rings (SSSR count). The molecule has 32 heavy (non-hydrogen) atoms. The maximum atomic E-state index is 13.3. The number of fused-ring (bicyclic) bond motifs is 1. The number of carboxylic acid groups (broad SMARTS) is 1. The monoisotopic (exact) mass is 458 g/mol. The first-order valence-corrected chi connectivity index (χ1v) is 11.6. The fourth-order valence-corrected chi connectivity index (χ4v) is 4.58. The molecule has 2 amide bonds. The Balaban J connectivity index is 1.63. The Morgan fingerprint density at radius 3 is 2.72 bits per heavy atom. The zero-order valence-corrected chi connectivity index (χ0v) is 18.8. The highest BCUT2D eigenvalue weighted by molar-refractivity contribution is 7.16. The molecule has 1 aliphatic rings. The number of thiazole rings is 1. The molecule has 0 atom stereocenters. The second-order valence-electron chi connectivity index (χ2n) is 7.70. The molecule has 11 heteroatoms. The number of hydrogen-bond donors (Lipinski definition) is 2. The van der Waals surface area contributed by atoms with Crippen LogP contribution in [-0.4, -0.2) is 66.8 Å². The first-order chi connectivity index (χ1) is 15.5. The number of rotatable bonds is 7. The Morgan fingerprint density at radius 1 is 1.28 bits per heavy atom. The second-order valence-corrected chi connectivity index (χ2v) is 8.59. The van der Waals surface area contributed by atoms with Gasteiger partial charge in [-0.05, 0) is 25.7 Å². The molecule has 0 saturated carbocycles. The van der Waals surface area contributed by atoms with E-state index < -0.39 is 6.09 Å². The molecule has 1 saturated heterocycles. The molecular weight excluding hydrogens is 432 g/mol. The summed E-state index contributed by atoms with van der Waals surface area (Å²) in [6.07, 6.45) is 5.28. The van der Waals surface area contributed by atoms with E-state index >= 15 is 0 Å². The second kappa shape index (κ2) is 9.51. The molecule has 4 heterocycles. The van der Waals surface area contributed by atoms with Crippen LogP contribution in [0, 0.1) is 0 Å². The van der Waals surface area contributed by atoms with Gasteiger partial charge in [-0.15, -0.1) is 11.3 Å². The smallest absolute Gasteiger partial charge is 0.404 e. The molecule has 170 valence electrons. The van der Waals surface area contributed by atoms with E-state index in [-0.39, 0.29) is 23.7 Å². The van der Waals surface area contributed by atoms with E-state index in [2.05, 4.69) is 20.4 Å². The van der Waals surface area contributed by atoms with Crippen LogP contribution in [0.2, 0.25) is 0 Å². The predicted octanol–water partition coefficient (Wildman–Crippen LogP) is 3.29. The fourth-order valence-electron chi connectivity index (χ4n) is 3.79. The number of hydrogen-bond acceptors (Lipinski definition) is 7. The van der Waals surface area contributed by atoms with E-state index in [1.54, 1.807) is 21.7 Å². The Morgan fingerprint density at radius 2 is 2.03 bits per heavy atom. The van der Waals surface area contributed by atoms with Gasteiger partial charge in [-0.2, -0.15) is 10.1 Å². The van der Waals surface area contributed by atoms with Crippen molar-refractivity contribution in [2.24, 2.45) is 0 Å². The summed E-state index contributed by atoms with van der Waals surface area (Å²) in [6.45, 7) is 5.00. The molecule has 1 aliphatic heterocycles. The first kappa shape index (κ1) is 22.0. The number of ether oxygens (including phenoxy) is 1. The number of amides is 2. The Kier molecular flexibility index (Phi) is 6.54. The first-order valence-electron chi connectivity index (χ1n) is 10.7. The molecule has 0 spiro atoms. The Hall–Kier alpha value is -3.21. The van der Waals surface area contributed by atoms with E-state index in [1.165, 1.54) is 11.3 Å². The molecule has 0 aromatic carbocycles. The SMILES string of the molecule is CCC(CC)Oc1cc(C(=O)N2CCC(NC(=O)O)CC2)nc(-c2cnn3ccsc23)n1. The molecule has 10 nitrogen and oxygen atoms in total. The quantitative estimate of drug-likeness (QED) is 0.557. The van der Waals surface area contributed by atoms with Gasteiger partial charge in [-0.1, -0.05) is 13.8 Å². The van der Waals surface area contributed by atoms with Crippen molar-refractivity contribution in [1.82, 2.24) is 29.8 Å². The van der Waals surface area contributed by atoms with Gasteiger partial charge in [0.2, 0.25) is 5.88 Å². The number of likely N-dealkylation sites (tertiary alicyclic amines) is 1. The van der Waals surface area contributed by atoms with Crippen molar-refractivity contribution < 1.29 is 19.4 Å². The van der Waals surface area contributed by atoms with Crippen molar-refractivity contribution >= 4 is 28.2 Å². The van der Waals surface area contributed by atoms with Gasteiger partial charge < -0.3 is 20.1 Å². The fraction of sp³-hybridized carbons (Fsp3) is 0.476. The number of nitrogens with zero attached hydrogens (tertiary/aromatic N) is 5. The highest BCUT2D eigenvalue weighted by Crippen LogP contribution is 2.28. The normalized spacial score (nSPS) is 14.8. The Bertz CT molecular complexity index is 1100. The van der Waals surface area contributed by atoms with Crippen LogP contribution in [0.4, 0.5) is 4.79 Å².